The number of carboxylic acids is 1. The molecule has 2 aromatic heterocycles. The SMILES string of the molecule is O=Cc1ccn(-c2cncc(F)c2C(=O)O)n1. The summed E-state index contributed by atoms with van der Waals surface area (Å²) in [7, 11) is 0. The van der Waals surface area contributed by atoms with Crippen LogP contribution in [0.25, 0.3) is 5.69 Å². The van der Waals surface area contributed by atoms with Crippen molar-refractivity contribution in [3.8, 4) is 5.69 Å². The van der Waals surface area contributed by atoms with Gasteiger partial charge in [0.25, 0.3) is 0 Å². The van der Waals surface area contributed by atoms with Crippen molar-refractivity contribution in [1.82, 2.24) is 14.8 Å². The first-order valence-corrected chi connectivity index (χ1v) is 4.51. The Morgan fingerprint density at radius 1 is 1.47 bits per heavy atom. The van der Waals surface area contributed by atoms with Gasteiger partial charge in [0, 0.05) is 6.20 Å². The molecule has 0 fully saturated rings. The fraction of sp³-hybridized carbons (Fsp3) is 0. The van der Waals surface area contributed by atoms with Gasteiger partial charge in [-0.1, -0.05) is 0 Å². The van der Waals surface area contributed by atoms with Crippen molar-refractivity contribution in [2.75, 3.05) is 0 Å². The number of halogens is 1. The molecular formula is C10H6FN3O3. The molecule has 0 amide bonds. The Morgan fingerprint density at radius 3 is 2.82 bits per heavy atom. The number of carbonyl (C=O) groups is 2. The van der Waals surface area contributed by atoms with E-state index in [0.29, 0.717) is 6.29 Å². The fourth-order valence-corrected chi connectivity index (χ4v) is 1.35. The monoisotopic (exact) mass is 235 g/mol. The van der Waals surface area contributed by atoms with E-state index in [-0.39, 0.29) is 11.4 Å². The summed E-state index contributed by atoms with van der Waals surface area (Å²) in [5.74, 6) is -2.39. The average molecular weight is 235 g/mol. The van der Waals surface area contributed by atoms with E-state index in [0.717, 1.165) is 17.1 Å². The largest absolute Gasteiger partial charge is 0.478 e. The van der Waals surface area contributed by atoms with Crippen LogP contribution in [0, 0.1) is 5.82 Å². The van der Waals surface area contributed by atoms with Crippen LogP contribution < -0.4 is 0 Å². The number of pyridine rings is 1. The molecule has 0 saturated heterocycles. The topological polar surface area (TPSA) is 85.1 Å². The summed E-state index contributed by atoms with van der Waals surface area (Å²) in [6.07, 6.45) is 3.82. The molecule has 0 aromatic carbocycles. The van der Waals surface area contributed by atoms with Crippen molar-refractivity contribution in [3.63, 3.8) is 0 Å². The normalized spacial score (nSPS) is 10.2. The summed E-state index contributed by atoms with van der Waals surface area (Å²) in [4.78, 5) is 24.9. The maximum atomic E-state index is 13.3. The second-order valence-corrected chi connectivity index (χ2v) is 3.12. The van der Waals surface area contributed by atoms with E-state index in [9.17, 15) is 14.0 Å². The molecule has 17 heavy (non-hydrogen) atoms. The summed E-state index contributed by atoms with van der Waals surface area (Å²) < 4.78 is 14.4. The highest BCUT2D eigenvalue weighted by Crippen LogP contribution is 2.16. The molecule has 0 atom stereocenters. The van der Waals surface area contributed by atoms with Gasteiger partial charge in [-0.2, -0.15) is 5.10 Å². The Balaban J connectivity index is 2.62. The van der Waals surface area contributed by atoms with Gasteiger partial charge in [0.05, 0.1) is 12.4 Å². The smallest absolute Gasteiger partial charge is 0.341 e. The van der Waals surface area contributed by atoms with Crippen LogP contribution >= 0.6 is 0 Å². The van der Waals surface area contributed by atoms with E-state index in [1.54, 1.807) is 0 Å². The number of nitrogens with zero attached hydrogens (tertiary/aromatic N) is 3. The highest BCUT2D eigenvalue weighted by Gasteiger charge is 2.18. The zero-order valence-corrected chi connectivity index (χ0v) is 8.37. The summed E-state index contributed by atoms with van der Waals surface area (Å²) in [5, 5.41) is 12.7. The fourth-order valence-electron chi connectivity index (χ4n) is 1.35. The zero-order valence-electron chi connectivity index (χ0n) is 8.37. The van der Waals surface area contributed by atoms with Crippen LogP contribution in [0.5, 0.6) is 0 Å². The third-order valence-corrected chi connectivity index (χ3v) is 2.07. The number of aromatic nitrogens is 3. The molecule has 0 aliphatic rings. The van der Waals surface area contributed by atoms with Crippen molar-refractivity contribution in [1.29, 1.82) is 0 Å². The predicted molar refractivity (Wildman–Crippen MR) is 53.7 cm³/mol. The maximum absolute atomic E-state index is 13.3. The molecule has 2 rings (SSSR count). The van der Waals surface area contributed by atoms with Crippen molar-refractivity contribution in [3.05, 3.63) is 41.7 Å². The van der Waals surface area contributed by atoms with Crippen molar-refractivity contribution in [2.24, 2.45) is 0 Å². The summed E-state index contributed by atoms with van der Waals surface area (Å²) >= 11 is 0. The second-order valence-electron chi connectivity index (χ2n) is 3.12. The zero-order chi connectivity index (χ0) is 12.4. The third-order valence-electron chi connectivity index (χ3n) is 2.07. The van der Waals surface area contributed by atoms with Gasteiger partial charge in [-0.15, -0.1) is 0 Å². The lowest BCUT2D eigenvalue weighted by Gasteiger charge is -2.05. The first kappa shape index (κ1) is 10.9. The van der Waals surface area contributed by atoms with Gasteiger partial charge in [-0.25, -0.2) is 13.9 Å². The van der Waals surface area contributed by atoms with E-state index < -0.39 is 17.3 Å². The quantitative estimate of drug-likeness (QED) is 0.799. The van der Waals surface area contributed by atoms with Crippen molar-refractivity contribution >= 4 is 12.3 Å². The highest BCUT2D eigenvalue weighted by atomic mass is 19.1. The van der Waals surface area contributed by atoms with Crippen LogP contribution in [0.2, 0.25) is 0 Å². The molecule has 0 saturated carbocycles. The van der Waals surface area contributed by atoms with Crippen molar-refractivity contribution in [2.45, 2.75) is 0 Å². The van der Waals surface area contributed by atoms with Gasteiger partial charge in [-0.05, 0) is 6.07 Å². The van der Waals surface area contributed by atoms with E-state index >= 15 is 0 Å². The standard InChI is InChI=1S/C10H6FN3O3/c11-7-3-12-4-8(9(7)10(16)17)14-2-1-6(5-15)13-14/h1-5H,(H,16,17). The molecule has 0 aliphatic heterocycles. The third kappa shape index (κ3) is 1.89. The molecule has 7 heteroatoms. The molecular weight excluding hydrogens is 229 g/mol. The van der Waals surface area contributed by atoms with E-state index in [1.807, 2.05) is 0 Å². The molecule has 0 spiro atoms. The number of rotatable bonds is 3. The van der Waals surface area contributed by atoms with E-state index in [1.165, 1.54) is 12.3 Å². The highest BCUT2D eigenvalue weighted by molar-refractivity contribution is 5.92. The van der Waals surface area contributed by atoms with Crippen LogP contribution in [0.3, 0.4) is 0 Å². The van der Waals surface area contributed by atoms with Gasteiger partial charge in [-0.3, -0.25) is 9.78 Å². The average Bonchev–Trinajstić information content (AvgIpc) is 2.76. The molecule has 2 aromatic rings. The summed E-state index contributed by atoms with van der Waals surface area (Å²) in [6, 6.07) is 1.38. The minimum Gasteiger partial charge on any atom is -0.478 e. The van der Waals surface area contributed by atoms with Gasteiger partial charge < -0.3 is 5.11 Å². The van der Waals surface area contributed by atoms with E-state index in [4.69, 9.17) is 5.11 Å². The first-order chi connectivity index (χ1) is 8.13. The molecule has 0 bridgehead atoms. The van der Waals surface area contributed by atoms with Crippen LogP contribution in [0.4, 0.5) is 4.39 Å². The van der Waals surface area contributed by atoms with Gasteiger partial charge in [0.1, 0.15) is 16.9 Å². The molecule has 2 heterocycles. The Kier molecular flexibility index (Phi) is 2.65. The van der Waals surface area contributed by atoms with Crippen LogP contribution in [-0.2, 0) is 0 Å². The van der Waals surface area contributed by atoms with Crippen molar-refractivity contribution < 1.29 is 19.1 Å². The van der Waals surface area contributed by atoms with Gasteiger partial charge in [0.2, 0.25) is 0 Å². The van der Waals surface area contributed by atoms with Crippen LogP contribution in [-0.4, -0.2) is 32.1 Å². The Morgan fingerprint density at radius 2 is 2.24 bits per heavy atom. The Bertz CT molecular complexity index is 594. The molecule has 86 valence electrons. The number of aldehydes is 1. The number of carbonyl (C=O) groups excluding carboxylic acids is 1. The lowest BCUT2D eigenvalue weighted by Crippen LogP contribution is -2.09. The number of hydrogen-bond acceptors (Lipinski definition) is 4. The first-order valence-electron chi connectivity index (χ1n) is 4.51. The molecule has 0 radical (unpaired) electrons. The van der Waals surface area contributed by atoms with Gasteiger partial charge >= 0.3 is 5.97 Å². The molecule has 0 aliphatic carbocycles. The lowest BCUT2D eigenvalue weighted by atomic mass is 10.2. The minimum absolute atomic E-state index is 0.0365. The number of aromatic carboxylic acids is 1. The summed E-state index contributed by atoms with van der Waals surface area (Å²) in [6.45, 7) is 0. The Hall–Kier alpha value is -2.57. The van der Waals surface area contributed by atoms with Gasteiger partial charge in [0.15, 0.2) is 12.1 Å². The van der Waals surface area contributed by atoms with Crippen LogP contribution in [0.1, 0.15) is 20.8 Å². The number of carboxylic acid groups (broad SMARTS) is 1. The lowest BCUT2D eigenvalue weighted by molar-refractivity contribution is 0.0691. The van der Waals surface area contributed by atoms with Crippen LogP contribution in [0.15, 0.2) is 24.7 Å². The summed E-state index contributed by atoms with van der Waals surface area (Å²) in [5.41, 5.74) is -0.461. The minimum atomic E-state index is -1.43. The molecule has 1 N–H and O–H groups in total. The predicted octanol–water partition coefficient (Wildman–Crippen LogP) is 0.917. The second kappa shape index (κ2) is 4.12. The number of hydrogen-bond donors (Lipinski definition) is 1. The maximum Gasteiger partial charge on any atom is 0.341 e. The molecule has 0 unspecified atom stereocenters. The van der Waals surface area contributed by atoms with E-state index in [2.05, 4.69) is 10.1 Å². The molecule has 6 nitrogen and oxygen atoms in total. The Labute approximate surface area is 94.3 Å².